The molecule has 0 unspecified atom stereocenters. The zero-order valence-electron chi connectivity index (χ0n) is 8.36. The summed E-state index contributed by atoms with van der Waals surface area (Å²) in [7, 11) is 0. The van der Waals surface area contributed by atoms with Gasteiger partial charge in [0.05, 0.1) is 5.69 Å². The molecule has 1 heterocycles. The molecule has 0 aliphatic rings. The summed E-state index contributed by atoms with van der Waals surface area (Å²) in [6.07, 6.45) is 3.97. The van der Waals surface area contributed by atoms with Gasteiger partial charge >= 0.3 is 0 Å². The highest BCUT2D eigenvalue weighted by molar-refractivity contribution is 4.91. The van der Waals surface area contributed by atoms with Crippen molar-refractivity contribution in [3.05, 3.63) is 11.9 Å². The molecule has 4 heteroatoms. The number of rotatable bonds is 6. The summed E-state index contributed by atoms with van der Waals surface area (Å²) in [5.74, 6) is 0. The molecule has 4 nitrogen and oxygen atoms in total. The Balaban J connectivity index is 2.20. The first-order chi connectivity index (χ1) is 6.36. The minimum absolute atomic E-state index is 0.793. The maximum Gasteiger partial charge on any atom is 0.0828 e. The van der Waals surface area contributed by atoms with Crippen molar-refractivity contribution < 1.29 is 4.74 Å². The standard InChI is InChI=1S/C9H17N3O/c1-3-12-8-9(10-11-12)6-5-7-13-4-2/h8H,3-7H2,1-2H3. The third-order valence-electron chi connectivity index (χ3n) is 1.84. The van der Waals surface area contributed by atoms with Crippen molar-refractivity contribution in [2.75, 3.05) is 13.2 Å². The Labute approximate surface area is 78.9 Å². The van der Waals surface area contributed by atoms with Crippen LogP contribution >= 0.6 is 0 Å². The van der Waals surface area contributed by atoms with Gasteiger partial charge in [-0.3, -0.25) is 4.68 Å². The molecule has 0 radical (unpaired) electrons. The van der Waals surface area contributed by atoms with Crippen LogP contribution in [0.25, 0.3) is 0 Å². The van der Waals surface area contributed by atoms with E-state index in [1.807, 2.05) is 17.8 Å². The number of hydrogen-bond acceptors (Lipinski definition) is 3. The summed E-state index contributed by atoms with van der Waals surface area (Å²) in [5, 5.41) is 8.00. The zero-order chi connectivity index (χ0) is 9.52. The van der Waals surface area contributed by atoms with E-state index >= 15 is 0 Å². The average Bonchev–Trinajstić information content (AvgIpc) is 2.60. The van der Waals surface area contributed by atoms with Crippen LogP contribution in [0.5, 0.6) is 0 Å². The van der Waals surface area contributed by atoms with E-state index < -0.39 is 0 Å². The van der Waals surface area contributed by atoms with Crippen LogP contribution in [0.3, 0.4) is 0 Å². The second-order valence-corrected chi connectivity index (χ2v) is 2.87. The van der Waals surface area contributed by atoms with Crippen LogP contribution in [0, 0.1) is 0 Å². The van der Waals surface area contributed by atoms with Crippen LogP contribution in [-0.2, 0) is 17.7 Å². The summed E-state index contributed by atoms with van der Waals surface area (Å²) < 4.78 is 7.08. The number of hydrogen-bond donors (Lipinski definition) is 0. The third kappa shape index (κ3) is 3.55. The first-order valence-corrected chi connectivity index (χ1v) is 4.83. The SMILES string of the molecule is CCOCCCc1cn(CC)nn1. The van der Waals surface area contributed by atoms with Crippen molar-refractivity contribution in [3.63, 3.8) is 0 Å². The zero-order valence-corrected chi connectivity index (χ0v) is 8.36. The molecule has 0 saturated heterocycles. The second kappa shape index (κ2) is 5.70. The highest BCUT2D eigenvalue weighted by atomic mass is 16.5. The van der Waals surface area contributed by atoms with E-state index in [0.29, 0.717) is 0 Å². The molecule has 1 aromatic heterocycles. The first-order valence-electron chi connectivity index (χ1n) is 4.83. The lowest BCUT2D eigenvalue weighted by molar-refractivity contribution is 0.145. The fourth-order valence-electron chi connectivity index (χ4n) is 1.11. The van der Waals surface area contributed by atoms with Gasteiger partial charge in [0.15, 0.2) is 0 Å². The van der Waals surface area contributed by atoms with Gasteiger partial charge < -0.3 is 4.74 Å². The van der Waals surface area contributed by atoms with Crippen LogP contribution in [0.1, 0.15) is 26.0 Å². The van der Waals surface area contributed by atoms with Crippen molar-refractivity contribution in [1.29, 1.82) is 0 Å². The van der Waals surface area contributed by atoms with Gasteiger partial charge in [0.1, 0.15) is 0 Å². The minimum atomic E-state index is 0.793. The highest BCUT2D eigenvalue weighted by Gasteiger charge is 1.98. The largest absolute Gasteiger partial charge is 0.382 e. The molecular weight excluding hydrogens is 166 g/mol. The Morgan fingerprint density at radius 2 is 2.31 bits per heavy atom. The van der Waals surface area contributed by atoms with Crippen molar-refractivity contribution in [2.24, 2.45) is 0 Å². The van der Waals surface area contributed by atoms with Crippen molar-refractivity contribution in [3.8, 4) is 0 Å². The van der Waals surface area contributed by atoms with Crippen LogP contribution < -0.4 is 0 Å². The summed E-state index contributed by atoms with van der Waals surface area (Å²) in [5.41, 5.74) is 1.06. The minimum Gasteiger partial charge on any atom is -0.382 e. The molecule has 0 aliphatic carbocycles. The van der Waals surface area contributed by atoms with Gasteiger partial charge in [-0.1, -0.05) is 5.21 Å². The van der Waals surface area contributed by atoms with Gasteiger partial charge in [-0.15, -0.1) is 5.10 Å². The van der Waals surface area contributed by atoms with Gasteiger partial charge in [0.25, 0.3) is 0 Å². The van der Waals surface area contributed by atoms with Crippen molar-refractivity contribution >= 4 is 0 Å². The van der Waals surface area contributed by atoms with E-state index in [2.05, 4.69) is 17.2 Å². The number of nitrogens with zero attached hydrogens (tertiary/aromatic N) is 3. The van der Waals surface area contributed by atoms with Gasteiger partial charge in [0, 0.05) is 26.0 Å². The molecule has 0 aromatic carbocycles. The molecule has 0 aliphatic heterocycles. The normalized spacial score (nSPS) is 10.6. The van der Waals surface area contributed by atoms with Crippen LogP contribution in [0.4, 0.5) is 0 Å². The maximum absolute atomic E-state index is 5.23. The molecule has 13 heavy (non-hydrogen) atoms. The Morgan fingerprint density at radius 1 is 1.46 bits per heavy atom. The molecule has 0 N–H and O–H groups in total. The van der Waals surface area contributed by atoms with Crippen molar-refractivity contribution in [1.82, 2.24) is 15.0 Å². The lowest BCUT2D eigenvalue weighted by Gasteiger charge is -1.97. The van der Waals surface area contributed by atoms with Crippen LogP contribution in [0.15, 0.2) is 6.20 Å². The molecule has 1 aromatic rings. The second-order valence-electron chi connectivity index (χ2n) is 2.87. The molecule has 74 valence electrons. The molecule has 0 saturated carbocycles. The summed E-state index contributed by atoms with van der Waals surface area (Å²) in [6.45, 7) is 6.56. The molecule has 0 bridgehead atoms. The maximum atomic E-state index is 5.23. The fraction of sp³-hybridized carbons (Fsp3) is 0.778. The van der Waals surface area contributed by atoms with E-state index in [-0.39, 0.29) is 0 Å². The number of ether oxygens (including phenoxy) is 1. The topological polar surface area (TPSA) is 39.9 Å². The van der Waals surface area contributed by atoms with E-state index in [9.17, 15) is 0 Å². The van der Waals surface area contributed by atoms with Gasteiger partial charge in [-0.05, 0) is 26.7 Å². The third-order valence-corrected chi connectivity index (χ3v) is 1.84. The number of aryl methyl sites for hydroxylation is 2. The quantitative estimate of drug-likeness (QED) is 0.623. The molecule has 0 fully saturated rings. The van der Waals surface area contributed by atoms with E-state index in [1.165, 1.54) is 0 Å². The summed E-state index contributed by atoms with van der Waals surface area (Å²) in [4.78, 5) is 0. The Bertz CT molecular complexity index is 235. The Hall–Kier alpha value is -0.900. The smallest absolute Gasteiger partial charge is 0.0828 e. The van der Waals surface area contributed by atoms with Gasteiger partial charge in [0.2, 0.25) is 0 Å². The van der Waals surface area contributed by atoms with Gasteiger partial charge in [-0.2, -0.15) is 0 Å². The predicted octanol–water partition coefficient (Wildman–Crippen LogP) is 1.27. The van der Waals surface area contributed by atoms with Crippen molar-refractivity contribution in [2.45, 2.75) is 33.2 Å². The highest BCUT2D eigenvalue weighted by Crippen LogP contribution is 1.98. The summed E-state index contributed by atoms with van der Waals surface area (Å²) in [6, 6.07) is 0. The molecular formula is C9H17N3O. The van der Waals surface area contributed by atoms with E-state index in [4.69, 9.17) is 4.74 Å². The molecule has 1 rings (SSSR count). The molecule has 0 atom stereocenters. The van der Waals surface area contributed by atoms with E-state index in [0.717, 1.165) is 38.3 Å². The molecule has 0 amide bonds. The predicted molar refractivity (Wildman–Crippen MR) is 50.5 cm³/mol. The fourth-order valence-corrected chi connectivity index (χ4v) is 1.11. The summed E-state index contributed by atoms with van der Waals surface area (Å²) >= 11 is 0. The average molecular weight is 183 g/mol. The van der Waals surface area contributed by atoms with Gasteiger partial charge in [-0.25, -0.2) is 0 Å². The first kappa shape index (κ1) is 10.2. The lowest BCUT2D eigenvalue weighted by atomic mass is 10.2. The Kier molecular flexibility index (Phi) is 4.46. The molecule has 0 spiro atoms. The number of aromatic nitrogens is 3. The lowest BCUT2D eigenvalue weighted by Crippen LogP contribution is -1.96. The van der Waals surface area contributed by atoms with Crippen LogP contribution in [-0.4, -0.2) is 28.2 Å². The van der Waals surface area contributed by atoms with Crippen LogP contribution in [0.2, 0.25) is 0 Å². The van der Waals surface area contributed by atoms with E-state index in [1.54, 1.807) is 0 Å². The Morgan fingerprint density at radius 3 is 2.92 bits per heavy atom. The monoisotopic (exact) mass is 183 g/mol.